The van der Waals surface area contributed by atoms with E-state index in [4.69, 9.17) is 14.2 Å². The molecule has 0 aliphatic carbocycles. The van der Waals surface area contributed by atoms with Crippen LogP contribution in [0.5, 0.6) is 5.75 Å². The van der Waals surface area contributed by atoms with Crippen molar-refractivity contribution in [1.82, 2.24) is 5.32 Å². The van der Waals surface area contributed by atoms with Gasteiger partial charge in [-0.25, -0.2) is 0 Å². The van der Waals surface area contributed by atoms with Crippen LogP contribution >= 0.6 is 0 Å². The van der Waals surface area contributed by atoms with Crippen molar-refractivity contribution in [2.24, 2.45) is 0 Å². The molecule has 1 aromatic carbocycles. The van der Waals surface area contributed by atoms with E-state index in [0.717, 1.165) is 44.7 Å². The molecule has 4 nitrogen and oxygen atoms in total. The number of ether oxygens (including phenoxy) is 3. The van der Waals surface area contributed by atoms with E-state index < -0.39 is 0 Å². The number of hydrogen-bond acceptors (Lipinski definition) is 4. The summed E-state index contributed by atoms with van der Waals surface area (Å²) in [6.45, 7) is 6.24. The van der Waals surface area contributed by atoms with Crippen molar-refractivity contribution in [2.75, 3.05) is 40.0 Å². The molecule has 1 unspecified atom stereocenters. The van der Waals surface area contributed by atoms with E-state index in [0.29, 0.717) is 13.2 Å². The molecule has 0 amide bonds. The predicted octanol–water partition coefficient (Wildman–Crippen LogP) is 2.33. The third kappa shape index (κ3) is 5.65. The topological polar surface area (TPSA) is 39.7 Å². The smallest absolute Gasteiger partial charge is 0.123 e. The highest BCUT2D eigenvalue weighted by Crippen LogP contribution is 2.29. The first kappa shape index (κ1) is 16.3. The second kappa shape index (κ2) is 9.03. The van der Waals surface area contributed by atoms with Gasteiger partial charge in [0.05, 0.1) is 13.2 Å². The van der Waals surface area contributed by atoms with Gasteiger partial charge in [-0.05, 0) is 37.9 Å². The van der Waals surface area contributed by atoms with Gasteiger partial charge >= 0.3 is 0 Å². The van der Waals surface area contributed by atoms with E-state index >= 15 is 0 Å². The Hall–Kier alpha value is -1.10. The van der Waals surface area contributed by atoms with Gasteiger partial charge < -0.3 is 19.5 Å². The minimum Gasteiger partial charge on any atom is -0.488 e. The molecule has 0 saturated heterocycles. The highest BCUT2D eigenvalue weighted by molar-refractivity contribution is 5.40. The van der Waals surface area contributed by atoms with Crippen LogP contribution in [0.3, 0.4) is 0 Å². The Balaban J connectivity index is 1.49. The number of rotatable bonds is 10. The number of aryl methyl sites for hydroxylation is 1. The summed E-state index contributed by atoms with van der Waals surface area (Å²) in [5.74, 6) is 1.05. The molecular weight excluding hydrogens is 266 g/mol. The average Bonchev–Trinajstić information content (AvgIpc) is 2.87. The second-order valence-electron chi connectivity index (χ2n) is 5.57. The molecule has 1 aliphatic heterocycles. The van der Waals surface area contributed by atoms with Gasteiger partial charge in [-0.2, -0.15) is 0 Å². The Bertz CT molecular complexity index is 422. The molecule has 0 aromatic heterocycles. The van der Waals surface area contributed by atoms with Gasteiger partial charge in [0.15, 0.2) is 0 Å². The normalized spacial score (nSPS) is 16.8. The monoisotopic (exact) mass is 293 g/mol. The predicted molar refractivity (Wildman–Crippen MR) is 84.1 cm³/mol. The maximum absolute atomic E-state index is 5.93. The fourth-order valence-corrected chi connectivity index (χ4v) is 2.52. The van der Waals surface area contributed by atoms with E-state index in [-0.39, 0.29) is 6.10 Å². The molecule has 1 N–H and O–H groups in total. The van der Waals surface area contributed by atoms with Crippen LogP contribution in [0.25, 0.3) is 0 Å². The number of hydrogen-bond donors (Lipinski definition) is 1. The van der Waals surface area contributed by atoms with Crippen LogP contribution in [-0.4, -0.2) is 46.1 Å². The molecule has 1 heterocycles. The van der Waals surface area contributed by atoms with Crippen LogP contribution in [-0.2, 0) is 15.9 Å². The van der Waals surface area contributed by atoms with E-state index in [2.05, 4.69) is 30.4 Å². The fourth-order valence-electron chi connectivity index (χ4n) is 2.52. The van der Waals surface area contributed by atoms with Crippen molar-refractivity contribution in [3.05, 3.63) is 29.3 Å². The molecule has 21 heavy (non-hydrogen) atoms. The molecule has 1 aromatic rings. The molecule has 0 saturated carbocycles. The highest BCUT2D eigenvalue weighted by Gasteiger charge is 2.21. The molecule has 0 spiro atoms. The molecule has 0 fully saturated rings. The van der Waals surface area contributed by atoms with E-state index in [1.165, 1.54) is 11.1 Å². The van der Waals surface area contributed by atoms with Crippen molar-refractivity contribution in [1.29, 1.82) is 0 Å². The molecule has 0 bridgehead atoms. The van der Waals surface area contributed by atoms with Crippen molar-refractivity contribution < 1.29 is 14.2 Å². The zero-order valence-corrected chi connectivity index (χ0v) is 13.2. The Morgan fingerprint density at radius 2 is 2.14 bits per heavy atom. The van der Waals surface area contributed by atoms with Crippen LogP contribution in [0, 0.1) is 6.92 Å². The molecule has 2 rings (SSSR count). The molecular formula is C17H27NO3. The maximum Gasteiger partial charge on any atom is 0.123 e. The summed E-state index contributed by atoms with van der Waals surface area (Å²) in [7, 11) is 1.69. The van der Waals surface area contributed by atoms with Crippen molar-refractivity contribution in [2.45, 2.75) is 32.3 Å². The van der Waals surface area contributed by atoms with E-state index in [1.54, 1.807) is 7.11 Å². The van der Waals surface area contributed by atoms with E-state index in [1.807, 2.05) is 0 Å². The summed E-state index contributed by atoms with van der Waals surface area (Å²) >= 11 is 0. The standard InChI is InChI=1S/C17H27NO3/c1-14-5-6-17-15(11-14)12-16(21-17)13-18-7-3-4-8-20-10-9-19-2/h5-6,11,16,18H,3-4,7-10,12-13H2,1-2H3. The van der Waals surface area contributed by atoms with Gasteiger partial charge in [0.2, 0.25) is 0 Å². The Labute approximate surface area is 127 Å². The summed E-state index contributed by atoms with van der Waals surface area (Å²) in [4.78, 5) is 0. The van der Waals surface area contributed by atoms with Gasteiger partial charge in [0, 0.05) is 26.7 Å². The van der Waals surface area contributed by atoms with Crippen molar-refractivity contribution >= 4 is 0 Å². The summed E-state index contributed by atoms with van der Waals surface area (Å²) in [6, 6.07) is 6.42. The number of unbranched alkanes of at least 4 members (excludes halogenated alkanes) is 1. The molecule has 1 aliphatic rings. The third-order valence-electron chi connectivity index (χ3n) is 3.65. The van der Waals surface area contributed by atoms with Crippen molar-refractivity contribution in [3.8, 4) is 5.75 Å². The molecule has 1 atom stereocenters. The van der Waals surface area contributed by atoms with Crippen LogP contribution in [0.4, 0.5) is 0 Å². The first-order valence-electron chi connectivity index (χ1n) is 7.83. The highest BCUT2D eigenvalue weighted by atomic mass is 16.5. The Morgan fingerprint density at radius 1 is 1.24 bits per heavy atom. The van der Waals surface area contributed by atoms with Gasteiger partial charge in [-0.3, -0.25) is 0 Å². The van der Waals surface area contributed by atoms with Gasteiger partial charge in [-0.15, -0.1) is 0 Å². The van der Waals surface area contributed by atoms with Crippen LogP contribution in [0.1, 0.15) is 24.0 Å². The van der Waals surface area contributed by atoms with Crippen LogP contribution in [0.2, 0.25) is 0 Å². The van der Waals surface area contributed by atoms with Crippen molar-refractivity contribution in [3.63, 3.8) is 0 Å². The number of nitrogens with one attached hydrogen (secondary N) is 1. The molecule has 4 heteroatoms. The van der Waals surface area contributed by atoms with Gasteiger partial charge in [0.25, 0.3) is 0 Å². The quantitative estimate of drug-likeness (QED) is 0.672. The lowest BCUT2D eigenvalue weighted by Gasteiger charge is -2.11. The largest absolute Gasteiger partial charge is 0.488 e. The second-order valence-corrected chi connectivity index (χ2v) is 5.57. The number of fused-ring (bicyclic) bond motifs is 1. The summed E-state index contributed by atoms with van der Waals surface area (Å²) in [5, 5.41) is 3.47. The Morgan fingerprint density at radius 3 is 3.00 bits per heavy atom. The fraction of sp³-hybridized carbons (Fsp3) is 0.647. The van der Waals surface area contributed by atoms with Crippen LogP contribution in [0.15, 0.2) is 18.2 Å². The van der Waals surface area contributed by atoms with Gasteiger partial charge in [-0.1, -0.05) is 17.7 Å². The molecule has 118 valence electrons. The maximum atomic E-state index is 5.93. The SMILES string of the molecule is COCCOCCCCNCC1Cc2cc(C)ccc2O1. The summed E-state index contributed by atoms with van der Waals surface area (Å²) < 4.78 is 16.3. The molecule has 0 radical (unpaired) electrons. The lowest BCUT2D eigenvalue weighted by atomic mass is 10.1. The van der Waals surface area contributed by atoms with Crippen LogP contribution < -0.4 is 10.1 Å². The average molecular weight is 293 g/mol. The summed E-state index contributed by atoms with van der Waals surface area (Å²) in [6.07, 6.45) is 3.51. The lowest BCUT2D eigenvalue weighted by molar-refractivity contribution is 0.0687. The third-order valence-corrected chi connectivity index (χ3v) is 3.65. The van der Waals surface area contributed by atoms with E-state index in [9.17, 15) is 0 Å². The minimum absolute atomic E-state index is 0.278. The lowest BCUT2D eigenvalue weighted by Crippen LogP contribution is -2.30. The number of methoxy groups -OCH3 is 1. The minimum atomic E-state index is 0.278. The first-order valence-corrected chi connectivity index (χ1v) is 7.83. The number of benzene rings is 1. The summed E-state index contributed by atoms with van der Waals surface area (Å²) in [5.41, 5.74) is 2.65. The first-order chi connectivity index (χ1) is 10.3. The van der Waals surface area contributed by atoms with Gasteiger partial charge in [0.1, 0.15) is 11.9 Å². The zero-order chi connectivity index (χ0) is 14.9. The Kier molecular flexibility index (Phi) is 7.00. The zero-order valence-electron chi connectivity index (χ0n) is 13.2.